The minimum absolute atomic E-state index is 0.0643. The lowest BCUT2D eigenvalue weighted by atomic mass is 9.98. The molecule has 2 rings (SSSR count). The highest BCUT2D eigenvalue weighted by Crippen LogP contribution is 2.30. The van der Waals surface area contributed by atoms with Crippen molar-refractivity contribution >= 4 is 12.0 Å². The van der Waals surface area contributed by atoms with Crippen LogP contribution < -0.4 is 9.47 Å². The first kappa shape index (κ1) is 17.4. The Kier molecular flexibility index (Phi) is 6.98. The van der Waals surface area contributed by atoms with Gasteiger partial charge >= 0.3 is 5.97 Å². The molecule has 0 atom stereocenters. The first-order valence-corrected chi connectivity index (χ1v) is 8.51. The van der Waals surface area contributed by atoms with E-state index in [1.165, 1.54) is 12.5 Å². The van der Waals surface area contributed by atoms with Crippen LogP contribution in [-0.4, -0.2) is 25.3 Å². The third kappa shape index (κ3) is 5.31. The second-order valence-electron chi connectivity index (χ2n) is 5.56. The molecule has 0 radical (unpaired) electrons. The molecule has 126 valence electrons. The van der Waals surface area contributed by atoms with Gasteiger partial charge in [0, 0.05) is 6.08 Å². The van der Waals surface area contributed by atoms with Crippen LogP contribution in [-0.2, 0) is 9.53 Å². The lowest BCUT2D eigenvalue weighted by Crippen LogP contribution is -2.19. The van der Waals surface area contributed by atoms with Gasteiger partial charge in [-0.3, -0.25) is 0 Å². The fourth-order valence-electron chi connectivity index (χ4n) is 2.79. The van der Waals surface area contributed by atoms with Crippen molar-refractivity contribution in [3.8, 4) is 11.5 Å². The molecule has 0 saturated heterocycles. The average molecular weight is 318 g/mol. The zero-order chi connectivity index (χ0) is 16.5. The van der Waals surface area contributed by atoms with Crippen molar-refractivity contribution in [1.82, 2.24) is 0 Å². The van der Waals surface area contributed by atoms with Crippen LogP contribution in [0, 0.1) is 0 Å². The summed E-state index contributed by atoms with van der Waals surface area (Å²) in [6.07, 6.45) is 8.72. The third-order valence-corrected chi connectivity index (χ3v) is 3.85. The molecule has 0 amide bonds. The summed E-state index contributed by atoms with van der Waals surface area (Å²) < 4.78 is 16.8. The topological polar surface area (TPSA) is 44.8 Å². The maximum absolute atomic E-state index is 12.0. The van der Waals surface area contributed by atoms with E-state index in [9.17, 15) is 4.79 Å². The number of carbonyl (C=O) groups excluding carboxylic acids is 1. The van der Waals surface area contributed by atoms with Gasteiger partial charge in [0.25, 0.3) is 0 Å². The standard InChI is InChI=1S/C19H26O4/c1-3-21-17-11-8-12-18(22-4-2)16(17)13-14-19(20)23-15-9-6-5-7-10-15/h8,11-15H,3-7,9-10H2,1-2H3. The van der Waals surface area contributed by atoms with Crippen molar-refractivity contribution in [2.24, 2.45) is 0 Å². The van der Waals surface area contributed by atoms with Gasteiger partial charge in [0.2, 0.25) is 0 Å². The molecule has 1 aliphatic rings. The van der Waals surface area contributed by atoms with E-state index in [2.05, 4.69) is 0 Å². The van der Waals surface area contributed by atoms with Gasteiger partial charge in [0.1, 0.15) is 17.6 Å². The van der Waals surface area contributed by atoms with Gasteiger partial charge in [-0.25, -0.2) is 4.79 Å². The van der Waals surface area contributed by atoms with Crippen LogP contribution in [0.25, 0.3) is 6.08 Å². The van der Waals surface area contributed by atoms with Crippen LogP contribution in [0.3, 0.4) is 0 Å². The van der Waals surface area contributed by atoms with Crippen molar-refractivity contribution in [1.29, 1.82) is 0 Å². The third-order valence-electron chi connectivity index (χ3n) is 3.85. The quantitative estimate of drug-likeness (QED) is 0.553. The molecule has 0 aromatic heterocycles. The summed E-state index contributed by atoms with van der Waals surface area (Å²) in [4.78, 5) is 12.0. The van der Waals surface area contributed by atoms with E-state index < -0.39 is 0 Å². The van der Waals surface area contributed by atoms with E-state index >= 15 is 0 Å². The molecular formula is C19H26O4. The van der Waals surface area contributed by atoms with E-state index in [4.69, 9.17) is 14.2 Å². The Morgan fingerprint density at radius 2 is 1.70 bits per heavy atom. The summed E-state index contributed by atoms with van der Waals surface area (Å²) in [6, 6.07) is 5.63. The molecule has 1 aromatic carbocycles. The molecule has 4 nitrogen and oxygen atoms in total. The van der Waals surface area contributed by atoms with Gasteiger partial charge in [0.05, 0.1) is 18.8 Å². The Labute approximate surface area is 138 Å². The smallest absolute Gasteiger partial charge is 0.331 e. The maximum Gasteiger partial charge on any atom is 0.331 e. The number of ether oxygens (including phenoxy) is 3. The summed E-state index contributed by atoms with van der Waals surface area (Å²) >= 11 is 0. The summed E-state index contributed by atoms with van der Waals surface area (Å²) in [7, 11) is 0. The lowest BCUT2D eigenvalue weighted by Gasteiger charge is -2.21. The van der Waals surface area contributed by atoms with E-state index in [1.54, 1.807) is 6.08 Å². The highest BCUT2D eigenvalue weighted by atomic mass is 16.5. The Balaban J connectivity index is 2.08. The molecule has 0 spiro atoms. The first-order chi connectivity index (χ1) is 11.2. The van der Waals surface area contributed by atoms with Gasteiger partial charge in [-0.15, -0.1) is 0 Å². The molecule has 23 heavy (non-hydrogen) atoms. The van der Waals surface area contributed by atoms with Gasteiger partial charge in [-0.05, 0) is 57.7 Å². The molecular weight excluding hydrogens is 292 g/mol. The van der Waals surface area contributed by atoms with Gasteiger partial charge < -0.3 is 14.2 Å². The number of carbonyl (C=O) groups is 1. The van der Waals surface area contributed by atoms with Gasteiger partial charge in [-0.1, -0.05) is 12.5 Å². The minimum Gasteiger partial charge on any atom is -0.493 e. The summed E-state index contributed by atoms with van der Waals surface area (Å²) in [5.41, 5.74) is 0.775. The maximum atomic E-state index is 12.0. The van der Waals surface area contributed by atoms with Crippen molar-refractivity contribution in [3.63, 3.8) is 0 Å². The van der Waals surface area contributed by atoms with E-state index in [0.717, 1.165) is 31.2 Å². The van der Waals surface area contributed by atoms with Crippen LogP contribution in [0.1, 0.15) is 51.5 Å². The summed E-state index contributed by atoms with van der Waals surface area (Å²) in [6.45, 7) is 4.97. The molecule has 0 unspecified atom stereocenters. The number of benzene rings is 1. The van der Waals surface area contributed by atoms with Crippen molar-refractivity contribution in [3.05, 3.63) is 29.8 Å². The Hall–Kier alpha value is -1.97. The van der Waals surface area contributed by atoms with Crippen molar-refractivity contribution in [2.45, 2.75) is 52.1 Å². The van der Waals surface area contributed by atoms with Gasteiger partial charge in [-0.2, -0.15) is 0 Å². The van der Waals surface area contributed by atoms with E-state index in [0.29, 0.717) is 24.7 Å². The zero-order valence-electron chi connectivity index (χ0n) is 14.0. The zero-order valence-corrected chi connectivity index (χ0v) is 14.0. The average Bonchev–Trinajstić information content (AvgIpc) is 2.56. The highest BCUT2D eigenvalue weighted by molar-refractivity contribution is 5.88. The molecule has 1 aliphatic carbocycles. The van der Waals surface area contributed by atoms with Crippen LogP contribution in [0.4, 0.5) is 0 Å². The van der Waals surface area contributed by atoms with Crippen molar-refractivity contribution in [2.75, 3.05) is 13.2 Å². The largest absolute Gasteiger partial charge is 0.493 e. The van der Waals surface area contributed by atoms with Crippen LogP contribution in [0.15, 0.2) is 24.3 Å². The molecule has 0 bridgehead atoms. The minimum atomic E-state index is -0.300. The summed E-state index contributed by atoms with van der Waals surface area (Å²) in [5, 5.41) is 0. The lowest BCUT2D eigenvalue weighted by molar-refractivity contribution is -0.144. The Bertz CT molecular complexity index is 506. The predicted octanol–water partition coefficient (Wildman–Crippen LogP) is 4.37. The fraction of sp³-hybridized carbons (Fsp3) is 0.526. The Morgan fingerprint density at radius 3 is 2.26 bits per heavy atom. The Morgan fingerprint density at radius 1 is 1.09 bits per heavy atom. The summed E-state index contributed by atoms with van der Waals surface area (Å²) in [5.74, 6) is 1.12. The monoisotopic (exact) mass is 318 g/mol. The molecule has 0 N–H and O–H groups in total. The second kappa shape index (κ2) is 9.23. The molecule has 4 heteroatoms. The predicted molar refractivity (Wildman–Crippen MR) is 90.8 cm³/mol. The van der Waals surface area contributed by atoms with E-state index in [1.807, 2.05) is 32.0 Å². The van der Waals surface area contributed by atoms with Crippen molar-refractivity contribution < 1.29 is 19.0 Å². The molecule has 0 aliphatic heterocycles. The SMILES string of the molecule is CCOc1cccc(OCC)c1C=CC(=O)OC1CCCCC1. The first-order valence-electron chi connectivity index (χ1n) is 8.51. The number of hydrogen-bond donors (Lipinski definition) is 0. The van der Waals surface area contributed by atoms with Crippen LogP contribution in [0.5, 0.6) is 11.5 Å². The number of hydrogen-bond acceptors (Lipinski definition) is 4. The number of esters is 1. The van der Waals surface area contributed by atoms with Gasteiger partial charge in [0.15, 0.2) is 0 Å². The second-order valence-corrected chi connectivity index (χ2v) is 5.56. The normalized spacial score (nSPS) is 15.6. The highest BCUT2D eigenvalue weighted by Gasteiger charge is 2.16. The molecule has 1 saturated carbocycles. The fourth-order valence-corrected chi connectivity index (χ4v) is 2.79. The molecule has 1 fully saturated rings. The van der Waals surface area contributed by atoms with E-state index in [-0.39, 0.29) is 12.1 Å². The van der Waals surface area contributed by atoms with Crippen LogP contribution >= 0.6 is 0 Å². The molecule has 1 aromatic rings. The molecule has 0 heterocycles. The van der Waals surface area contributed by atoms with Crippen LogP contribution in [0.2, 0.25) is 0 Å². The number of rotatable bonds is 7.